The van der Waals surface area contributed by atoms with E-state index in [2.05, 4.69) is 52.8 Å². The molecule has 4 rings (SSSR count). The van der Waals surface area contributed by atoms with Crippen LogP contribution in [0.2, 0.25) is 0 Å². The summed E-state index contributed by atoms with van der Waals surface area (Å²) >= 11 is 1.85. The normalized spacial score (nSPS) is 18.2. The molecule has 2 aliphatic heterocycles. The highest BCUT2D eigenvalue weighted by Crippen LogP contribution is 2.27. The molecule has 7 nitrogen and oxygen atoms in total. The molecule has 2 N–H and O–H groups in total. The van der Waals surface area contributed by atoms with E-state index in [1.165, 1.54) is 55.9 Å². The van der Waals surface area contributed by atoms with Gasteiger partial charge in [-0.1, -0.05) is 12.5 Å². The number of nitrogens with zero attached hydrogens (tertiary/aromatic N) is 5. The lowest BCUT2D eigenvalue weighted by atomic mass is 10.2. The Hall–Kier alpha value is -1.20. The van der Waals surface area contributed by atoms with Gasteiger partial charge in [0, 0.05) is 44.4 Å². The van der Waals surface area contributed by atoms with Crippen LogP contribution >= 0.6 is 35.3 Å². The number of rotatable bonds is 8. The predicted molar refractivity (Wildman–Crippen MR) is 139 cm³/mol. The molecule has 9 heteroatoms. The molecule has 0 aromatic carbocycles. The second-order valence-electron chi connectivity index (χ2n) is 8.25. The van der Waals surface area contributed by atoms with E-state index in [0.29, 0.717) is 6.04 Å². The summed E-state index contributed by atoms with van der Waals surface area (Å²) < 4.78 is 2.35. The summed E-state index contributed by atoms with van der Waals surface area (Å²) in [6, 6.07) is 4.84. The Morgan fingerprint density at radius 3 is 2.74 bits per heavy atom. The summed E-state index contributed by atoms with van der Waals surface area (Å²) in [5, 5.41) is 18.1. The van der Waals surface area contributed by atoms with Gasteiger partial charge in [0.15, 0.2) is 5.96 Å². The molecule has 0 aliphatic carbocycles. The van der Waals surface area contributed by atoms with Crippen LogP contribution in [0.5, 0.6) is 0 Å². The molecule has 2 aliphatic rings. The van der Waals surface area contributed by atoms with Crippen LogP contribution in [0.15, 0.2) is 22.5 Å². The van der Waals surface area contributed by atoms with Gasteiger partial charge in [0.2, 0.25) is 0 Å². The van der Waals surface area contributed by atoms with Crippen molar-refractivity contribution in [3.05, 3.63) is 34.0 Å². The third kappa shape index (κ3) is 6.64. The van der Waals surface area contributed by atoms with Crippen LogP contribution in [0.3, 0.4) is 0 Å². The van der Waals surface area contributed by atoms with E-state index in [9.17, 15) is 0 Å². The summed E-state index contributed by atoms with van der Waals surface area (Å²) in [7, 11) is 1.85. The Bertz CT molecular complexity index is 799. The van der Waals surface area contributed by atoms with Crippen molar-refractivity contribution in [3.8, 4) is 0 Å². The zero-order valence-electron chi connectivity index (χ0n) is 18.6. The van der Waals surface area contributed by atoms with Gasteiger partial charge in [-0.25, -0.2) is 0 Å². The highest BCUT2D eigenvalue weighted by Gasteiger charge is 2.24. The highest BCUT2D eigenvalue weighted by atomic mass is 127. The van der Waals surface area contributed by atoms with Crippen LogP contribution in [-0.2, 0) is 19.4 Å². The first-order valence-electron chi connectivity index (χ1n) is 11.5. The molecular formula is C22H36IN7S. The molecule has 1 fully saturated rings. The second-order valence-corrected chi connectivity index (χ2v) is 9.23. The molecule has 0 saturated carbocycles. The molecule has 0 radical (unpaired) electrons. The van der Waals surface area contributed by atoms with Crippen molar-refractivity contribution >= 4 is 41.3 Å². The standard InChI is InChI=1S/C22H35N7S.HI/c1-23-22(25-17-18(19-9-8-16-30-19)28-13-5-6-14-28)24-12-7-11-21-27-26-20-10-3-2-4-15-29(20)21;/h8-9,16,18H,2-7,10-15,17H2,1H3,(H2,23,24,25);1H. The van der Waals surface area contributed by atoms with E-state index >= 15 is 0 Å². The van der Waals surface area contributed by atoms with E-state index in [1.807, 2.05) is 18.4 Å². The van der Waals surface area contributed by atoms with E-state index in [0.717, 1.165) is 50.7 Å². The number of thiophene rings is 1. The lowest BCUT2D eigenvalue weighted by molar-refractivity contribution is 0.249. The number of hydrogen-bond acceptors (Lipinski definition) is 5. The maximum atomic E-state index is 4.44. The largest absolute Gasteiger partial charge is 0.356 e. The molecule has 1 saturated heterocycles. The number of guanidine groups is 1. The Kier molecular flexibility index (Phi) is 10.0. The molecule has 0 spiro atoms. The van der Waals surface area contributed by atoms with Crippen molar-refractivity contribution in [2.75, 3.05) is 33.2 Å². The molecule has 31 heavy (non-hydrogen) atoms. The Morgan fingerprint density at radius 1 is 1.13 bits per heavy atom. The molecule has 1 unspecified atom stereocenters. The van der Waals surface area contributed by atoms with Crippen LogP contribution in [0.25, 0.3) is 0 Å². The van der Waals surface area contributed by atoms with E-state index in [-0.39, 0.29) is 24.0 Å². The Balaban J connectivity index is 0.00000272. The van der Waals surface area contributed by atoms with E-state index < -0.39 is 0 Å². The monoisotopic (exact) mass is 557 g/mol. The molecule has 0 amide bonds. The summed E-state index contributed by atoms with van der Waals surface area (Å²) in [5.74, 6) is 3.20. The zero-order valence-corrected chi connectivity index (χ0v) is 21.7. The fourth-order valence-corrected chi connectivity index (χ4v) is 5.40. The van der Waals surface area contributed by atoms with Crippen molar-refractivity contribution in [1.82, 2.24) is 30.3 Å². The predicted octanol–water partition coefficient (Wildman–Crippen LogP) is 3.62. The molecule has 1 atom stereocenters. The summed E-state index contributed by atoms with van der Waals surface area (Å²) in [6.45, 7) is 5.24. The Labute approximate surface area is 207 Å². The smallest absolute Gasteiger partial charge is 0.191 e. The number of nitrogens with one attached hydrogen (secondary N) is 2. The van der Waals surface area contributed by atoms with Crippen molar-refractivity contribution in [1.29, 1.82) is 0 Å². The number of halogens is 1. The molecule has 2 aromatic rings. The van der Waals surface area contributed by atoms with Gasteiger partial charge in [-0.05, 0) is 56.6 Å². The fourth-order valence-electron chi connectivity index (χ4n) is 4.54. The molecule has 2 aromatic heterocycles. The SMILES string of the molecule is CN=C(NCCCc1nnc2n1CCCCC2)NCC(c1cccs1)N1CCCC1.I. The number of aryl methyl sites for hydroxylation is 2. The number of aromatic nitrogens is 3. The fraction of sp³-hybridized carbons (Fsp3) is 0.682. The minimum absolute atomic E-state index is 0. The van der Waals surface area contributed by atoms with Crippen molar-refractivity contribution in [2.24, 2.45) is 4.99 Å². The minimum Gasteiger partial charge on any atom is -0.356 e. The van der Waals surface area contributed by atoms with Crippen LogP contribution in [0.1, 0.15) is 61.1 Å². The van der Waals surface area contributed by atoms with Crippen LogP contribution in [0, 0.1) is 0 Å². The average Bonchev–Trinajstić information content (AvgIpc) is 3.52. The van der Waals surface area contributed by atoms with Crippen LogP contribution < -0.4 is 10.6 Å². The van der Waals surface area contributed by atoms with Gasteiger partial charge in [-0.2, -0.15) is 0 Å². The van der Waals surface area contributed by atoms with Gasteiger partial charge in [0.05, 0.1) is 6.04 Å². The van der Waals surface area contributed by atoms with Gasteiger partial charge in [-0.3, -0.25) is 9.89 Å². The van der Waals surface area contributed by atoms with Crippen molar-refractivity contribution < 1.29 is 0 Å². The van der Waals surface area contributed by atoms with E-state index in [4.69, 9.17) is 0 Å². The molecule has 0 bridgehead atoms. The first kappa shape index (κ1) is 24.4. The van der Waals surface area contributed by atoms with Gasteiger partial charge in [0.25, 0.3) is 0 Å². The number of likely N-dealkylation sites (tertiary alicyclic amines) is 1. The van der Waals surface area contributed by atoms with Crippen molar-refractivity contribution in [3.63, 3.8) is 0 Å². The topological polar surface area (TPSA) is 70.4 Å². The summed E-state index contributed by atoms with van der Waals surface area (Å²) in [4.78, 5) is 8.47. The number of aliphatic imine (C=N–C) groups is 1. The maximum Gasteiger partial charge on any atom is 0.191 e. The second kappa shape index (κ2) is 12.7. The number of fused-ring (bicyclic) bond motifs is 1. The highest BCUT2D eigenvalue weighted by molar-refractivity contribution is 14.0. The van der Waals surface area contributed by atoms with Gasteiger partial charge >= 0.3 is 0 Å². The van der Waals surface area contributed by atoms with Crippen molar-refractivity contribution in [2.45, 2.75) is 64.0 Å². The molecule has 4 heterocycles. The third-order valence-corrected chi connectivity index (χ3v) is 7.17. The van der Waals surface area contributed by atoms with Gasteiger partial charge in [0.1, 0.15) is 11.6 Å². The summed E-state index contributed by atoms with van der Waals surface area (Å²) in [6.07, 6.45) is 9.46. The van der Waals surface area contributed by atoms with Crippen LogP contribution in [-0.4, -0.2) is 58.9 Å². The van der Waals surface area contributed by atoms with Crippen LogP contribution in [0.4, 0.5) is 0 Å². The zero-order chi connectivity index (χ0) is 20.6. The maximum absolute atomic E-state index is 4.44. The quantitative estimate of drug-likeness (QED) is 0.225. The van der Waals surface area contributed by atoms with Gasteiger partial charge in [-0.15, -0.1) is 45.5 Å². The Morgan fingerprint density at radius 2 is 1.97 bits per heavy atom. The summed E-state index contributed by atoms with van der Waals surface area (Å²) in [5.41, 5.74) is 0. The first-order valence-corrected chi connectivity index (χ1v) is 12.4. The average molecular weight is 558 g/mol. The van der Waals surface area contributed by atoms with Gasteiger partial charge < -0.3 is 15.2 Å². The molecular weight excluding hydrogens is 521 g/mol. The lowest BCUT2D eigenvalue weighted by Gasteiger charge is -2.27. The lowest BCUT2D eigenvalue weighted by Crippen LogP contribution is -2.42. The first-order chi connectivity index (χ1) is 14.8. The third-order valence-electron chi connectivity index (χ3n) is 6.20. The van der Waals surface area contributed by atoms with E-state index in [1.54, 1.807) is 0 Å². The molecule has 172 valence electrons. The minimum atomic E-state index is 0. The number of hydrogen-bond donors (Lipinski definition) is 2.